The van der Waals surface area contributed by atoms with Gasteiger partial charge in [-0.1, -0.05) is 20.8 Å². The molecule has 2 N–H and O–H groups in total. The van der Waals surface area contributed by atoms with Crippen LogP contribution in [0.4, 0.5) is 0 Å². The number of allylic oxidation sites excluding steroid dienone is 1. The number of ether oxygens (including phenoxy) is 1. The molecule has 0 bridgehead atoms. The van der Waals surface area contributed by atoms with E-state index in [1.807, 2.05) is 0 Å². The molecular formula is C19H27N3O8S. The summed E-state index contributed by atoms with van der Waals surface area (Å²) in [5.74, 6) is -3.45. The van der Waals surface area contributed by atoms with E-state index in [9.17, 15) is 32.4 Å². The van der Waals surface area contributed by atoms with Gasteiger partial charge in [0, 0.05) is 25.7 Å². The van der Waals surface area contributed by atoms with Crippen LogP contribution in [-0.4, -0.2) is 72.6 Å². The Morgan fingerprint density at radius 1 is 1.23 bits per heavy atom. The number of carbonyl (C=O) groups is 5. The smallest absolute Gasteiger partial charge is 0.302 e. The molecule has 172 valence electrons. The molecule has 11 nitrogen and oxygen atoms in total. The molecule has 0 saturated carbocycles. The van der Waals surface area contributed by atoms with Crippen molar-refractivity contribution in [2.45, 2.75) is 58.5 Å². The van der Waals surface area contributed by atoms with E-state index in [0.717, 1.165) is 4.90 Å². The van der Waals surface area contributed by atoms with E-state index in [1.54, 1.807) is 20.8 Å². The zero-order chi connectivity index (χ0) is 23.7. The highest BCUT2D eigenvalue weighted by molar-refractivity contribution is 7.92. The molecule has 31 heavy (non-hydrogen) atoms. The Balaban J connectivity index is 2.20. The normalized spacial score (nSPS) is 22.9. The first-order valence-electron chi connectivity index (χ1n) is 9.67. The molecule has 2 aliphatic rings. The highest BCUT2D eigenvalue weighted by atomic mass is 32.2. The summed E-state index contributed by atoms with van der Waals surface area (Å²) in [6.45, 7) is 7.17. The Morgan fingerprint density at radius 2 is 1.84 bits per heavy atom. The van der Waals surface area contributed by atoms with Crippen LogP contribution in [0.3, 0.4) is 0 Å². The van der Waals surface area contributed by atoms with Crippen LogP contribution in [0, 0.1) is 5.41 Å². The van der Waals surface area contributed by atoms with Crippen molar-refractivity contribution in [1.82, 2.24) is 15.5 Å². The minimum Gasteiger partial charge on any atom is -0.466 e. The van der Waals surface area contributed by atoms with Gasteiger partial charge in [0.2, 0.25) is 11.8 Å². The summed E-state index contributed by atoms with van der Waals surface area (Å²) in [4.78, 5) is 61.3. The largest absolute Gasteiger partial charge is 0.466 e. The second kappa shape index (κ2) is 8.77. The number of nitrogens with zero attached hydrogens (tertiary/aromatic N) is 1. The number of amides is 3. The molecule has 3 atom stereocenters. The van der Waals surface area contributed by atoms with Crippen LogP contribution in [0.2, 0.25) is 0 Å². The van der Waals surface area contributed by atoms with Crippen molar-refractivity contribution < 1.29 is 37.1 Å². The molecule has 0 radical (unpaired) electrons. The van der Waals surface area contributed by atoms with Gasteiger partial charge >= 0.3 is 5.97 Å². The number of hydrogen-bond donors (Lipinski definition) is 2. The van der Waals surface area contributed by atoms with E-state index in [2.05, 4.69) is 10.6 Å². The Labute approximate surface area is 180 Å². The van der Waals surface area contributed by atoms with Crippen molar-refractivity contribution >= 4 is 39.3 Å². The molecule has 0 aliphatic carbocycles. The summed E-state index contributed by atoms with van der Waals surface area (Å²) >= 11 is 0. The van der Waals surface area contributed by atoms with Gasteiger partial charge in [0.25, 0.3) is 5.91 Å². The zero-order valence-corrected chi connectivity index (χ0v) is 18.9. The Hall–Kier alpha value is -2.76. The van der Waals surface area contributed by atoms with Crippen molar-refractivity contribution in [2.24, 2.45) is 5.41 Å². The predicted molar refractivity (Wildman–Crippen MR) is 108 cm³/mol. The maximum atomic E-state index is 12.7. The van der Waals surface area contributed by atoms with Gasteiger partial charge in [0.15, 0.2) is 21.0 Å². The summed E-state index contributed by atoms with van der Waals surface area (Å²) < 4.78 is 29.9. The van der Waals surface area contributed by atoms with Crippen molar-refractivity contribution in [3.05, 3.63) is 11.8 Å². The van der Waals surface area contributed by atoms with Crippen LogP contribution in [0.1, 0.15) is 41.0 Å². The zero-order valence-electron chi connectivity index (χ0n) is 18.1. The van der Waals surface area contributed by atoms with Crippen molar-refractivity contribution in [2.75, 3.05) is 12.4 Å². The molecule has 0 aromatic rings. The molecule has 0 aromatic heterocycles. The van der Waals surface area contributed by atoms with Gasteiger partial charge in [0.05, 0.1) is 18.1 Å². The standard InChI is InChI=1S/C19H27N3O8S/c1-10(23)20-12(6-8-30-11(2)24)16(26)21-14-17(27)22-13(15(25)19(3,4)5)7-9-31(28,29)18(14)22/h7,12,14,18H,6,8-9H2,1-5H3,(H,20,23)(H,21,26)/t12?,14-,18-/m0/s1. The number of ketones is 1. The third-order valence-corrected chi connectivity index (χ3v) is 6.65. The molecule has 0 aromatic carbocycles. The van der Waals surface area contributed by atoms with Crippen molar-refractivity contribution in [1.29, 1.82) is 0 Å². The van der Waals surface area contributed by atoms with Gasteiger partial charge in [-0.15, -0.1) is 0 Å². The number of sulfone groups is 1. The van der Waals surface area contributed by atoms with Gasteiger partial charge in [0.1, 0.15) is 12.1 Å². The number of esters is 1. The fourth-order valence-electron chi connectivity index (χ4n) is 3.29. The summed E-state index contributed by atoms with van der Waals surface area (Å²) in [5.41, 5.74) is -0.838. The van der Waals surface area contributed by atoms with Gasteiger partial charge in [-0.3, -0.25) is 28.9 Å². The Bertz CT molecular complexity index is 948. The van der Waals surface area contributed by atoms with Crippen LogP contribution >= 0.6 is 0 Å². The van der Waals surface area contributed by atoms with E-state index in [4.69, 9.17) is 4.74 Å². The number of carbonyl (C=O) groups excluding carboxylic acids is 5. The molecule has 2 rings (SSSR count). The maximum absolute atomic E-state index is 12.7. The number of β-lactam (4-membered cyclic amide) rings is 1. The van der Waals surface area contributed by atoms with E-state index in [1.165, 1.54) is 19.9 Å². The summed E-state index contributed by atoms with van der Waals surface area (Å²) in [7, 11) is -3.84. The van der Waals surface area contributed by atoms with E-state index >= 15 is 0 Å². The van der Waals surface area contributed by atoms with Gasteiger partial charge in [-0.25, -0.2) is 8.42 Å². The van der Waals surface area contributed by atoms with Crippen LogP contribution in [0.25, 0.3) is 0 Å². The molecule has 1 unspecified atom stereocenters. The molecule has 12 heteroatoms. The van der Waals surface area contributed by atoms with Gasteiger partial charge in [-0.2, -0.15) is 0 Å². The molecule has 1 saturated heterocycles. The molecular weight excluding hydrogens is 430 g/mol. The lowest BCUT2D eigenvalue weighted by atomic mass is 9.87. The average molecular weight is 458 g/mol. The fraction of sp³-hybridized carbons (Fsp3) is 0.632. The van der Waals surface area contributed by atoms with Crippen LogP contribution in [0.15, 0.2) is 11.8 Å². The molecule has 3 amide bonds. The third kappa shape index (κ3) is 5.30. The number of Topliss-reactive ketones (excluding diaryl/α,β-unsaturated/α-hetero) is 1. The number of hydrogen-bond acceptors (Lipinski definition) is 8. The predicted octanol–water partition coefficient (Wildman–Crippen LogP) is -0.975. The van der Waals surface area contributed by atoms with Crippen LogP contribution < -0.4 is 10.6 Å². The maximum Gasteiger partial charge on any atom is 0.302 e. The highest BCUT2D eigenvalue weighted by Crippen LogP contribution is 2.36. The molecule has 0 spiro atoms. The quantitative estimate of drug-likeness (QED) is 0.365. The summed E-state index contributed by atoms with van der Waals surface area (Å²) in [6, 6.07) is -2.53. The molecule has 2 heterocycles. The van der Waals surface area contributed by atoms with Crippen LogP contribution in [-0.2, 0) is 38.5 Å². The number of fused-ring (bicyclic) bond motifs is 1. The first kappa shape index (κ1) is 24.5. The van der Waals surface area contributed by atoms with Crippen molar-refractivity contribution in [3.8, 4) is 0 Å². The molecule has 1 fully saturated rings. The SMILES string of the molecule is CC(=O)NC(CCOC(C)=O)C(=O)N[C@H]1C(=O)N2C(C(=O)C(C)(C)C)=CCS(=O)(=O)[C@@H]12. The van der Waals surface area contributed by atoms with Crippen LogP contribution in [0.5, 0.6) is 0 Å². The minimum absolute atomic E-state index is 0.00362. The van der Waals surface area contributed by atoms with E-state index in [-0.39, 0.29) is 24.5 Å². The Kier molecular flexibility index (Phi) is 6.94. The topological polar surface area (TPSA) is 156 Å². The Morgan fingerprint density at radius 3 is 2.35 bits per heavy atom. The lowest BCUT2D eigenvalue weighted by Crippen LogP contribution is -2.75. The van der Waals surface area contributed by atoms with E-state index < -0.39 is 62.2 Å². The number of nitrogens with one attached hydrogen (secondary N) is 2. The van der Waals surface area contributed by atoms with Gasteiger partial charge in [-0.05, 0) is 6.08 Å². The average Bonchev–Trinajstić information content (AvgIpc) is 2.62. The molecule has 2 aliphatic heterocycles. The summed E-state index contributed by atoms with van der Waals surface area (Å²) in [5, 5.41) is 3.34. The second-order valence-corrected chi connectivity index (χ2v) is 10.6. The monoisotopic (exact) mass is 457 g/mol. The highest BCUT2D eigenvalue weighted by Gasteiger charge is 2.59. The lowest BCUT2D eigenvalue weighted by Gasteiger charge is -2.49. The van der Waals surface area contributed by atoms with E-state index in [0.29, 0.717) is 0 Å². The lowest BCUT2D eigenvalue weighted by molar-refractivity contribution is -0.149. The van der Waals surface area contributed by atoms with Gasteiger partial charge < -0.3 is 15.4 Å². The fourth-order valence-corrected chi connectivity index (χ4v) is 5.01. The first-order valence-corrected chi connectivity index (χ1v) is 11.4. The summed E-state index contributed by atoms with van der Waals surface area (Å²) in [6.07, 6.45) is 1.15. The first-order chi connectivity index (χ1) is 14.2. The number of rotatable bonds is 7. The third-order valence-electron chi connectivity index (χ3n) is 4.80. The van der Waals surface area contributed by atoms with Crippen molar-refractivity contribution in [3.63, 3.8) is 0 Å². The second-order valence-electron chi connectivity index (χ2n) is 8.46. The minimum atomic E-state index is -3.84.